The van der Waals surface area contributed by atoms with E-state index in [-0.39, 0.29) is 41.8 Å². The van der Waals surface area contributed by atoms with E-state index in [1.54, 1.807) is 30.3 Å². The fourth-order valence-electron chi connectivity index (χ4n) is 3.98. The predicted molar refractivity (Wildman–Crippen MR) is 121 cm³/mol. The van der Waals surface area contributed by atoms with E-state index in [2.05, 4.69) is 10.6 Å². The minimum absolute atomic E-state index is 0.159. The molecule has 2 amide bonds. The molecule has 1 saturated heterocycles. The molecule has 2 fully saturated rings. The number of nitrogens with zero attached hydrogens (tertiary/aromatic N) is 1. The molecular weight excluding hydrogens is 426 g/mol. The van der Waals surface area contributed by atoms with Crippen LogP contribution in [0, 0.1) is 5.92 Å². The number of hydrogen-bond donors (Lipinski definition) is 2. The minimum atomic E-state index is -3.56. The van der Waals surface area contributed by atoms with E-state index in [9.17, 15) is 18.0 Å². The van der Waals surface area contributed by atoms with Gasteiger partial charge in [-0.15, -0.1) is 0 Å². The van der Waals surface area contributed by atoms with Crippen molar-refractivity contribution < 1.29 is 18.0 Å². The molecular formula is C24H29N3O4S. The summed E-state index contributed by atoms with van der Waals surface area (Å²) in [6.07, 6.45) is 3.24. The van der Waals surface area contributed by atoms with Crippen molar-refractivity contribution in [2.24, 2.45) is 5.92 Å². The first-order chi connectivity index (χ1) is 15.4. The molecule has 0 aromatic heterocycles. The van der Waals surface area contributed by atoms with Crippen LogP contribution in [0.15, 0.2) is 65.6 Å². The predicted octanol–water partition coefficient (Wildman–Crippen LogP) is 2.09. The van der Waals surface area contributed by atoms with Crippen LogP contribution in [0.3, 0.4) is 0 Å². The van der Waals surface area contributed by atoms with Crippen LogP contribution in [0.2, 0.25) is 0 Å². The Balaban J connectivity index is 1.37. The van der Waals surface area contributed by atoms with Gasteiger partial charge in [0.15, 0.2) is 0 Å². The Labute approximate surface area is 189 Å². The normalized spacial score (nSPS) is 18.6. The first-order valence-electron chi connectivity index (χ1n) is 11.1. The van der Waals surface area contributed by atoms with Gasteiger partial charge in [0.25, 0.3) is 0 Å². The maximum atomic E-state index is 13.0. The van der Waals surface area contributed by atoms with E-state index in [1.165, 1.54) is 4.31 Å². The van der Waals surface area contributed by atoms with Crippen LogP contribution in [0.5, 0.6) is 0 Å². The van der Waals surface area contributed by atoms with Crippen LogP contribution in [-0.4, -0.2) is 49.7 Å². The number of nitrogens with one attached hydrogen (secondary N) is 2. The van der Waals surface area contributed by atoms with Crippen LogP contribution in [0.4, 0.5) is 0 Å². The average Bonchev–Trinajstić information content (AvgIpc) is 3.64. The number of sulfonamides is 1. The highest BCUT2D eigenvalue weighted by Crippen LogP contribution is 2.24. The van der Waals surface area contributed by atoms with Gasteiger partial charge in [-0.05, 0) is 43.4 Å². The molecule has 1 aliphatic heterocycles. The van der Waals surface area contributed by atoms with Crippen molar-refractivity contribution in [1.82, 2.24) is 14.9 Å². The molecule has 0 spiro atoms. The first-order valence-corrected chi connectivity index (χ1v) is 12.6. The number of amides is 2. The SMILES string of the molecule is O=C(NC(Cc1ccccc1)C(=O)NC1CC1)C1CCN(S(=O)(=O)c2ccccc2)CC1. The Kier molecular flexibility index (Phi) is 6.91. The van der Waals surface area contributed by atoms with E-state index in [0.717, 1.165) is 18.4 Å². The average molecular weight is 456 g/mol. The van der Waals surface area contributed by atoms with Crippen molar-refractivity contribution >= 4 is 21.8 Å². The van der Waals surface area contributed by atoms with Crippen molar-refractivity contribution in [3.05, 3.63) is 66.2 Å². The third-order valence-corrected chi connectivity index (χ3v) is 7.96. The lowest BCUT2D eigenvalue weighted by Crippen LogP contribution is -2.51. The Morgan fingerprint density at radius 1 is 0.906 bits per heavy atom. The molecule has 32 heavy (non-hydrogen) atoms. The van der Waals surface area contributed by atoms with E-state index in [1.807, 2.05) is 30.3 Å². The molecule has 2 aliphatic rings. The number of benzene rings is 2. The van der Waals surface area contributed by atoms with Gasteiger partial charge in [0, 0.05) is 31.5 Å². The van der Waals surface area contributed by atoms with E-state index >= 15 is 0 Å². The van der Waals surface area contributed by atoms with Gasteiger partial charge in [-0.25, -0.2) is 8.42 Å². The third kappa shape index (κ3) is 5.55. The first kappa shape index (κ1) is 22.5. The van der Waals surface area contributed by atoms with Gasteiger partial charge < -0.3 is 10.6 Å². The van der Waals surface area contributed by atoms with Crippen molar-refractivity contribution in [3.63, 3.8) is 0 Å². The molecule has 1 heterocycles. The quantitative estimate of drug-likeness (QED) is 0.637. The standard InChI is InChI=1S/C24H29N3O4S/c28-23(19-13-15-27(16-14-19)32(30,31)21-9-5-2-6-10-21)26-22(24(29)25-20-11-12-20)17-18-7-3-1-4-8-18/h1-10,19-20,22H,11-17H2,(H,25,29)(H,26,28). The molecule has 8 heteroatoms. The number of rotatable bonds is 8. The topological polar surface area (TPSA) is 95.6 Å². The Bertz CT molecular complexity index is 1030. The van der Waals surface area contributed by atoms with Crippen LogP contribution in [0.25, 0.3) is 0 Å². The Hall–Kier alpha value is -2.71. The van der Waals surface area contributed by atoms with Crippen molar-refractivity contribution in [3.8, 4) is 0 Å². The maximum Gasteiger partial charge on any atom is 0.243 e. The Morgan fingerprint density at radius 3 is 2.09 bits per heavy atom. The molecule has 170 valence electrons. The zero-order valence-corrected chi connectivity index (χ0v) is 18.8. The zero-order valence-electron chi connectivity index (χ0n) is 17.9. The molecule has 4 rings (SSSR count). The molecule has 1 aliphatic carbocycles. The molecule has 1 unspecified atom stereocenters. The molecule has 1 atom stereocenters. The van der Waals surface area contributed by atoms with Crippen LogP contribution in [0.1, 0.15) is 31.2 Å². The summed E-state index contributed by atoms with van der Waals surface area (Å²) in [6, 6.07) is 17.5. The number of carbonyl (C=O) groups is 2. The van der Waals surface area contributed by atoms with Crippen LogP contribution >= 0.6 is 0 Å². The van der Waals surface area contributed by atoms with E-state index in [0.29, 0.717) is 19.3 Å². The molecule has 2 aromatic rings. The van der Waals surface area contributed by atoms with Gasteiger partial charge in [0.1, 0.15) is 6.04 Å². The molecule has 1 saturated carbocycles. The van der Waals surface area contributed by atoms with Gasteiger partial charge >= 0.3 is 0 Å². The van der Waals surface area contributed by atoms with E-state index < -0.39 is 16.1 Å². The van der Waals surface area contributed by atoms with Gasteiger partial charge in [0.05, 0.1) is 4.90 Å². The fourth-order valence-corrected chi connectivity index (χ4v) is 5.47. The zero-order chi connectivity index (χ0) is 22.6. The second-order valence-corrected chi connectivity index (χ2v) is 10.5. The number of hydrogen-bond acceptors (Lipinski definition) is 4. The molecule has 7 nitrogen and oxygen atoms in total. The highest BCUT2D eigenvalue weighted by Gasteiger charge is 2.34. The summed E-state index contributed by atoms with van der Waals surface area (Å²) in [5, 5.41) is 5.92. The maximum absolute atomic E-state index is 13.0. The summed E-state index contributed by atoms with van der Waals surface area (Å²) in [4.78, 5) is 26.0. The summed E-state index contributed by atoms with van der Waals surface area (Å²) in [5.41, 5.74) is 0.979. The largest absolute Gasteiger partial charge is 0.352 e. The fraction of sp³-hybridized carbons (Fsp3) is 0.417. The second-order valence-electron chi connectivity index (χ2n) is 8.53. The molecule has 2 aromatic carbocycles. The van der Waals surface area contributed by atoms with Gasteiger partial charge in [-0.1, -0.05) is 48.5 Å². The van der Waals surface area contributed by atoms with Crippen LogP contribution < -0.4 is 10.6 Å². The summed E-state index contributed by atoms with van der Waals surface area (Å²) in [7, 11) is -3.56. The highest BCUT2D eigenvalue weighted by atomic mass is 32.2. The summed E-state index contributed by atoms with van der Waals surface area (Å²) >= 11 is 0. The van der Waals surface area contributed by atoms with Crippen LogP contribution in [-0.2, 0) is 26.0 Å². The van der Waals surface area contributed by atoms with Crippen molar-refractivity contribution in [1.29, 1.82) is 0 Å². The number of carbonyl (C=O) groups excluding carboxylic acids is 2. The van der Waals surface area contributed by atoms with Crippen molar-refractivity contribution in [2.75, 3.05) is 13.1 Å². The second kappa shape index (κ2) is 9.83. The van der Waals surface area contributed by atoms with E-state index in [4.69, 9.17) is 0 Å². The molecule has 0 radical (unpaired) electrons. The highest BCUT2D eigenvalue weighted by molar-refractivity contribution is 7.89. The lowest BCUT2D eigenvalue weighted by atomic mass is 9.96. The van der Waals surface area contributed by atoms with Crippen molar-refractivity contribution in [2.45, 2.75) is 49.1 Å². The molecule has 0 bridgehead atoms. The lowest BCUT2D eigenvalue weighted by Gasteiger charge is -2.31. The minimum Gasteiger partial charge on any atom is -0.352 e. The molecule has 2 N–H and O–H groups in total. The lowest BCUT2D eigenvalue weighted by molar-refractivity contribution is -0.131. The number of piperidine rings is 1. The van der Waals surface area contributed by atoms with Gasteiger partial charge in [-0.2, -0.15) is 4.31 Å². The monoisotopic (exact) mass is 455 g/mol. The smallest absolute Gasteiger partial charge is 0.243 e. The summed E-state index contributed by atoms with van der Waals surface area (Å²) < 4.78 is 27.1. The van der Waals surface area contributed by atoms with Gasteiger partial charge in [0.2, 0.25) is 21.8 Å². The summed E-state index contributed by atoms with van der Waals surface area (Å²) in [6.45, 7) is 0.569. The summed E-state index contributed by atoms with van der Waals surface area (Å²) in [5.74, 6) is -0.661. The van der Waals surface area contributed by atoms with Gasteiger partial charge in [-0.3, -0.25) is 9.59 Å². The Morgan fingerprint density at radius 2 is 1.50 bits per heavy atom. The third-order valence-electron chi connectivity index (χ3n) is 6.05.